The first-order chi connectivity index (χ1) is 14.7. The second-order valence-corrected chi connectivity index (χ2v) is 7.99. The predicted octanol–water partition coefficient (Wildman–Crippen LogP) is 8.54. The first-order valence-electron chi connectivity index (χ1n) is 9.71. The molecule has 144 valence electrons. The van der Waals surface area contributed by atoms with Crippen molar-refractivity contribution in [2.45, 2.75) is 0 Å². The highest BCUT2D eigenvalue weighted by Crippen LogP contribution is 2.41. The molecule has 0 bridgehead atoms. The standard InChI is InChI=1S/C27H17Cl2N/c28-21-12-6-10-19(16-21)25-23-14-4-5-15-24(23)26(18-8-2-1-3-9-18)30-27(25)20-11-7-13-22(29)17-20/h1-17H. The van der Waals surface area contributed by atoms with Gasteiger partial charge in [0, 0.05) is 32.1 Å². The van der Waals surface area contributed by atoms with Gasteiger partial charge in [-0.15, -0.1) is 0 Å². The number of rotatable bonds is 3. The molecule has 5 aromatic rings. The van der Waals surface area contributed by atoms with Gasteiger partial charge in [0.2, 0.25) is 0 Å². The average Bonchev–Trinajstić information content (AvgIpc) is 2.78. The molecule has 0 unspecified atom stereocenters. The van der Waals surface area contributed by atoms with Gasteiger partial charge in [0.25, 0.3) is 0 Å². The Balaban J connectivity index is 1.93. The average molecular weight is 426 g/mol. The Labute approximate surface area is 185 Å². The molecule has 0 aliphatic heterocycles. The Morgan fingerprint density at radius 1 is 0.467 bits per heavy atom. The first-order valence-corrected chi connectivity index (χ1v) is 10.5. The number of nitrogens with zero attached hydrogens (tertiary/aromatic N) is 1. The van der Waals surface area contributed by atoms with Crippen molar-refractivity contribution >= 4 is 34.0 Å². The molecule has 0 atom stereocenters. The van der Waals surface area contributed by atoms with Gasteiger partial charge in [-0.25, -0.2) is 4.98 Å². The summed E-state index contributed by atoms with van der Waals surface area (Å²) >= 11 is 12.7. The summed E-state index contributed by atoms with van der Waals surface area (Å²) in [5, 5.41) is 3.61. The van der Waals surface area contributed by atoms with E-state index in [2.05, 4.69) is 42.5 Å². The summed E-state index contributed by atoms with van der Waals surface area (Å²) in [6.07, 6.45) is 0. The zero-order valence-electron chi connectivity index (χ0n) is 16.0. The SMILES string of the molecule is Clc1cccc(-c2nc(-c3ccccc3)c3ccccc3c2-c2cccc(Cl)c2)c1. The van der Waals surface area contributed by atoms with Crippen molar-refractivity contribution in [1.82, 2.24) is 4.98 Å². The molecular weight excluding hydrogens is 409 g/mol. The Hall–Kier alpha value is -3.13. The molecule has 0 N–H and O–H groups in total. The molecule has 1 aromatic heterocycles. The lowest BCUT2D eigenvalue weighted by atomic mass is 9.91. The minimum absolute atomic E-state index is 0.681. The molecule has 1 heterocycles. The molecule has 0 aliphatic carbocycles. The summed E-state index contributed by atoms with van der Waals surface area (Å²) in [7, 11) is 0. The van der Waals surface area contributed by atoms with Crippen molar-refractivity contribution in [3.8, 4) is 33.6 Å². The minimum Gasteiger partial charge on any atom is -0.246 e. The maximum Gasteiger partial charge on any atom is 0.0794 e. The van der Waals surface area contributed by atoms with E-state index < -0.39 is 0 Å². The van der Waals surface area contributed by atoms with Crippen molar-refractivity contribution in [2.75, 3.05) is 0 Å². The van der Waals surface area contributed by atoms with Gasteiger partial charge in [-0.3, -0.25) is 0 Å². The number of fused-ring (bicyclic) bond motifs is 1. The van der Waals surface area contributed by atoms with Crippen molar-refractivity contribution in [3.05, 3.63) is 113 Å². The van der Waals surface area contributed by atoms with Crippen LogP contribution in [-0.2, 0) is 0 Å². The van der Waals surface area contributed by atoms with E-state index in [-0.39, 0.29) is 0 Å². The lowest BCUT2D eigenvalue weighted by molar-refractivity contribution is 1.35. The van der Waals surface area contributed by atoms with Gasteiger partial charge in [-0.1, -0.05) is 102 Å². The zero-order valence-corrected chi connectivity index (χ0v) is 17.5. The van der Waals surface area contributed by atoms with Gasteiger partial charge in [-0.05, 0) is 35.2 Å². The fourth-order valence-electron chi connectivity index (χ4n) is 3.86. The van der Waals surface area contributed by atoms with Crippen LogP contribution in [0.15, 0.2) is 103 Å². The summed E-state index contributed by atoms with van der Waals surface area (Å²) in [5.74, 6) is 0. The second kappa shape index (κ2) is 7.95. The first kappa shape index (κ1) is 18.9. The molecule has 0 saturated heterocycles. The number of benzene rings is 4. The van der Waals surface area contributed by atoms with Gasteiger partial charge in [0.05, 0.1) is 11.4 Å². The predicted molar refractivity (Wildman–Crippen MR) is 128 cm³/mol. The summed E-state index contributed by atoms with van der Waals surface area (Å²) in [6.45, 7) is 0. The second-order valence-electron chi connectivity index (χ2n) is 7.12. The van der Waals surface area contributed by atoms with Crippen molar-refractivity contribution in [3.63, 3.8) is 0 Å². The molecule has 0 fully saturated rings. The van der Waals surface area contributed by atoms with Crippen LogP contribution in [0, 0.1) is 0 Å². The van der Waals surface area contributed by atoms with Crippen LogP contribution in [0.3, 0.4) is 0 Å². The Kier molecular flexibility index (Phi) is 5.00. The quantitative estimate of drug-likeness (QED) is 0.282. The highest BCUT2D eigenvalue weighted by molar-refractivity contribution is 6.31. The summed E-state index contributed by atoms with van der Waals surface area (Å²) in [5.41, 5.74) is 5.97. The molecule has 0 spiro atoms. The molecule has 30 heavy (non-hydrogen) atoms. The number of hydrogen-bond donors (Lipinski definition) is 0. The van der Waals surface area contributed by atoms with Crippen molar-refractivity contribution in [1.29, 1.82) is 0 Å². The highest BCUT2D eigenvalue weighted by Gasteiger charge is 2.18. The minimum atomic E-state index is 0.681. The van der Waals surface area contributed by atoms with Crippen molar-refractivity contribution < 1.29 is 0 Å². The molecule has 4 aromatic carbocycles. The number of hydrogen-bond acceptors (Lipinski definition) is 1. The van der Waals surface area contributed by atoms with Crippen LogP contribution in [0.2, 0.25) is 10.0 Å². The third kappa shape index (κ3) is 3.47. The van der Waals surface area contributed by atoms with Gasteiger partial charge >= 0.3 is 0 Å². The van der Waals surface area contributed by atoms with E-state index in [1.54, 1.807) is 0 Å². The monoisotopic (exact) mass is 425 g/mol. The Morgan fingerprint density at radius 2 is 1.03 bits per heavy atom. The maximum absolute atomic E-state index is 6.36. The van der Waals surface area contributed by atoms with E-state index in [0.29, 0.717) is 10.0 Å². The third-order valence-electron chi connectivity index (χ3n) is 5.17. The van der Waals surface area contributed by atoms with Gasteiger partial charge in [0.15, 0.2) is 0 Å². The largest absolute Gasteiger partial charge is 0.246 e. The molecule has 0 radical (unpaired) electrons. The van der Waals surface area contributed by atoms with Crippen LogP contribution in [0.4, 0.5) is 0 Å². The maximum atomic E-state index is 6.36. The van der Waals surface area contributed by atoms with E-state index in [4.69, 9.17) is 28.2 Å². The lowest BCUT2D eigenvalue weighted by Crippen LogP contribution is -1.96. The molecular formula is C27H17Cl2N. The summed E-state index contributed by atoms with van der Waals surface area (Å²) in [4.78, 5) is 5.19. The van der Waals surface area contributed by atoms with Crippen LogP contribution in [0.5, 0.6) is 0 Å². The number of pyridine rings is 1. The summed E-state index contributed by atoms with van der Waals surface area (Å²) < 4.78 is 0. The molecule has 0 saturated carbocycles. The van der Waals surface area contributed by atoms with Crippen LogP contribution in [0.25, 0.3) is 44.4 Å². The topological polar surface area (TPSA) is 12.9 Å². The van der Waals surface area contributed by atoms with Crippen LogP contribution in [0.1, 0.15) is 0 Å². The Bertz CT molecular complexity index is 1360. The van der Waals surface area contributed by atoms with Crippen LogP contribution < -0.4 is 0 Å². The van der Waals surface area contributed by atoms with Gasteiger partial charge in [0.1, 0.15) is 0 Å². The fraction of sp³-hybridized carbons (Fsp3) is 0. The normalized spacial score (nSPS) is 11.0. The third-order valence-corrected chi connectivity index (χ3v) is 5.64. The summed E-state index contributed by atoms with van der Waals surface area (Å²) in [6, 6.07) is 34.4. The highest BCUT2D eigenvalue weighted by atomic mass is 35.5. The molecule has 5 rings (SSSR count). The molecule has 0 aliphatic rings. The van der Waals surface area contributed by atoms with Crippen LogP contribution >= 0.6 is 23.2 Å². The molecule has 3 heteroatoms. The lowest BCUT2D eigenvalue weighted by Gasteiger charge is -2.17. The van der Waals surface area contributed by atoms with Crippen LogP contribution in [-0.4, -0.2) is 4.98 Å². The Morgan fingerprint density at radius 3 is 1.73 bits per heavy atom. The van der Waals surface area contributed by atoms with E-state index in [0.717, 1.165) is 44.4 Å². The van der Waals surface area contributed by atoms with E-state index >= 15 is 0 Å². The smallest absolute Gasteiger partial charge is 0.0794 e. The number of halogens is 2. The zero-order chi connectivity index (χ0) is 20.5. The van der Waals surface area contributed by atoms with Crippen molar-refractivity contribution in [2.24, 2.45) is 0 Å². The molecule has 1 nitrogen and oxygen atoms in total. The fourth-order valence-corrected chi connectivity index (χ4v) is 4.24. The van der Waals surface area contributed by atoms with E-state index in [1.807, 2.05) is 60.7 Å². The van der Waals surface area contributed by atoms with Gasteiger partial charge in [-0.2, -0.15) is 0 Å². The molecule has 0 amide bonds. The number of aromatic nitrogens is 1. The van der Waals surface area contributed by atoms with E-state index in [1.165, 1.54) is 0 Å². The van der Waals surface area contributed by atoms with Gasteiger partial charge < -0.3 is 0 Å². The van der Waals surface area contributed by atoms with E-state index in [9.17, 15) is 0 Å².